The minimum atomic E-state index is 0.180. The van der Waals surface area contributed by atoms with Gasteiger partial charge in [-0.25, -0.2) is 0 Å². The molecule has 0 saturated carbocycles. The fourth-order valence-electron chi connectivity index (χ4n) is 3.96. The Kier molecular flexibility index (Phi) is 12.7. The van der Waals surface area contributed by atoms with Gasteiger partial charge in [0.25, 0.3) is 5.91 Å². The molecule has 1 heterocycles. The summed E-state index contributed by atoms with van der Waals surface area (Å²) in [6.45, 7) is 6.55. The predicted molar refractivity (Wildman–Crippen MR) is 130 cm³/mol. The summed E-state index contributed by atoms with van der Waals surface area (Å²) >= 11 is 0. The first-order chi connectivity index (χ1) is 14.8. The SMILES string of the molecule is C=CCCCCCCCCC=CCCCNc1ccc(C(=O)N2CCCCC2)cc1. The van der Waals surface area contributed by atoms with Gasteiger partial charge in [-0.3, -0.25) is 4.79 Å². The smallest absolute Gasteiger partial charge is 0.253 e. The Labute approximate surface area is 184 Å². The molecule has 1 aliphatic rings. The highest BCUT2D eigenvalue weighted by Gasteiger charge is 2.17. The average molecular weight is 411 g/mol. The van der Waals surface area contributed by atoms with Crippen molar-refractivity contribution in [1.82, 2.24) is 4.90 Å². The summed E-state index contributed by atoms with van der Waals surface area (Å²) in [6.07, 6.45) is 22.9. The van der Waals surface area contributed by atoms with Crippen molar-refractivity contribution in [2.75, 3.05) is 25.0 Å². The first-order valence-electron chi connectivity index (χ1n) is 12.2. The molecule has 1 aromatic carbocycles. The van der Waals surface area contributed by atoms with Crippen LogP contribution < -0.4 is 5.32 Å². The second-order valence-electron chi connectivity index (χ2n) is 8.46. The number of nitrogens with one attached hydrogen (secondary N) is 1. The highest BCUT2D eigenvalue weighted by molar-refractivity contribution is 5.94. The van der Waals surface area contributed by atoms with Crippen LogP contribution in [0.2, 0.25) is 0 Å². The molecule has 0 bridgehead atoms. The summed E-state index contributed by atoms with van der Waals surface area (Å²) in [5.74, 6) is 0.180. The number of amides is 1. The molecule has 1 aliphatic heterocycles. The number of benzene rings is 1. The molecule has 0 aromatic heterocycles. The van der Waals surface area contributed by atoms with Crippen LogP contribution >= 0.6 is 0 Å². The fourth-order valence-corrected chi connectivity index (χ4v) is 3.96. The lowest BCUT2D eigenvalue weighted by Gasteiger charge is -2.26. The maximum absolute atomic E-state index is 12.5. The first-order valence-corrected chi connectivity index (χ1v) is 12.2. The quantitative estimate of drug-likeness (QED) is 0.242. The minimum Gasteiger partial charge on any atom is -0.385 e. The third kappa shape index (κ3) is 10.1. The monoisotopic (exact) mass is 410 g/mol. The zero-order valence-corrected chi connectivity index (χ0v) is 18.9. The van der Waals surface area contributed by atoms with Crippen molar-refractivity contribution in [3.05, 3.63) is 54.6 Å². The van der Waals surface area contributed by atoms with E-state index < -0.39 is 0 Å². The van der Waals surface area contributed by atoms with Crippen LogP contribution in [0.4, 0.5) is 5.69 Å². The summed E-state index contributed by atoms with van der Waals surface area (Å²) < 4.78 is 0. The van der Waals surface area contributed by atoms with E-state index in [1.54, 1.807) is 0 Å². The standard InChI is InChI=1S/C27H42N2O/c1-2-3-4-5-6-7-8-9-10-11-12-13-15-22-28-26-20-18-25(19-21-26)27(30)29-23-16-14-17-24-29/h2,11-12,18-21,28H,1,3-10,13-17,22-24H2. The molecule has 3 nitrogen and oxygen atoms in total. The van der Waals surface area contributed by atoms with E-state index in [0.717, 1.165) is 56.6 Å². The number of anilines is 1. The first kappa shape index (κ1) is 24.2. The number of nitrogens with zero attached hydrogens (tertiary/aromatic N) is 1. The normalized spacial score (nSPS) is 14.2. The van der Waals surface area contributed by atoms with E-state index in [1.807, 2.05) is 35.2 Å². The highest BCUT2D eigenvalue weighted by atomic mass is 16.2. The van der Waals surface area contributed by atoms with E-state index in [2.05, 4.69) is 24.0 Å². The number of piperidine rings is 1. The van der Waals surface area contributed by atoms with Crippen molar-refractivity contribution >= 4 is 11.6 Å². The van der Waals surface area contributed by atoms with Gasteiger partial charge in [0, 0.05) is 30.9 Å². The number of carbonyl (C=O) groups is 1. The van der Waals surface area contributed by atoms with Gasteiger partial charge >= 0.3 is 0 Å². The predicted octanol–water partition coefficient (Wildman–Crippen LogP) is 7.37. The van der Waals surface area contributed by atoms with Crippen LogP contribution in [0.15, 0.2) is 49.1 Å². The Morgan fingerprint density at radius 2 is 1.43 bits per heavy atom. The molecule has 0 spiro atoms. The number of hydrogen-bond acceptors (Lipinski definition) is 2. The summed E-state index contributed by atoms with van der Waals surface area (Å²) in [7, 11) is 0. The van der Waals surface area contributed by atoms with Crippen LogP contribution in [-0.2, 0) is 0 Å². The highest BCUT2D eigenvalue weighted by Crippen LogP contribution is 2.16. The van der Waals surface area contributed by atoms with E-state index in [4.69, 9.17) is 0 Å². The molecule has 30 heavy (non-hydrogen) atoms. The van der Waals surface area contributed by atoms with Crippen LogP contribution in [0.25, 0.3) is 0 Å². The van der Waals surface area contributed by atoms with Gasteiger partial charge in [-0.05, 0) is 82.1 Å². The molecular formula is C27H42N2O. The van der Waals surface area contributed by atoms with Crippen molar-refractivity contribution in [1.29, 1.82) is 0 Å². The second kappa shape index (κ2) is 15.8. The van der Waals surface area contributed by atoms with Gasteiger partial charge < -0.3 is 10.2 Å². The zero-order chi connectivity index (χ0) is 21.3. The molecule has 2 rings (SSSR count). The van der Waals surface area contributed by atoms with Crippen LogP contribution in [0.5, 0.6) is 0 Å². The second-order valence-corrected chi connectivity index (χ2v) is 8.46. The number of likely N-dealkylation sites (tertiary alicyclic amines) is 1. The number of allylic oxidation sites excluding steroid dienone is 3. The molecule has 3 heteroatoms. The van der Waals surface area contributed by atoms with Gasteiger partial charge in [0.1, 0.15) is 0 Å². The van der Waals surface area contributed by atoms with Gasteiger partial charge in [0.2, 0.25) is 0 Å². The molecule has 1 aromatic rings. The topological polar surface area (TPSA) is 32.3 Å². The van der Waals surface area contributed by atoms with Crippen LogP contribution in [0, 0.1) is 0 Å². The summed E-state index contributed by atoms with van der Waals surface area (Å²) in [5, 5.41) is 3.47. The maximum Gasteiger partial charge on any atom is 0.253 e. The molecule has 0 aliphatic carbocycles. The number of carbonyl (C=O) groups excluding carboxylic acids is 1. The van der Waals surface area contributed by atoms with E-state index in [1.165, 1.54) is 57.8 Å². The third-order valence-electron chi connectivity index (χ3n) is 5.85. The molecule has 166 valence electrons. The molecule has 1 amide bonds. The largest absolute Gasteiger partial charge is 0.385 e. The lowest BCUT2D eigenvalue weighted by Crippen LogP contribution is -2.35. The Balaban J connectivity index is 1.48. The van der Waals surface area contributed by atoms with Gasteiger partial charge in [-0.2, -0.15) is 0 Å². The summed E-state index contributed by atoms with van der Waals surface area (Å²) in [4.78, 5) is 14.5. The fraction of sp³-hybridized carbons (Fsp3) is 0.593. The number of rotatable bonds is 15. The van der Waals surface area contributed by atoms with Crippen molar-refractivity contribution < 1.29 is 4.79 Å². The van der Waals surface area contributed by atoms with Crippen molar-refractivity contribution in [2.45, 2.75) is 83.5 Å². The number of unbranched alkanes of at least 4 members (excludes halogenated alkanes) is 8. The van der Waals surface area contributed by atoms with Crippen LogP contribution in [-0.4, -0.2) is 30.4 Å². The van der Waals surface area contributed by atoms with Crippen molar-refractivity contribution in [3.63, 3.8) is 0 Å². The molecular weight excluding hydrogens is 368 g/mol. The van der Waals surface area contributed by atoms with Gasteiger partial charge in [-0.1, -0.05) is 43.9 Å². The summed E-state index contributed by atoms with van der Waals surface area (Å²) in [6, 6.07) is 7.98. The van der Waals surface area contributed by atoms with Gasteiger partial charge in [0.15, 0.2) is 0 Å². The Morgan fingerprint density at radius 3 is 2.10 bits per heavy atom. The van der Waals surface area contributed by atoms with Crippen LogP contribution in [0.1, 0.15) is 93.8 Å². The molecule has 1 fully saturated rings. The van der Waals surface area contributed by atoms with Crippen molar-refractivity contribution in [3.8, 4) is 0 Å². The van der Waals surface area contributed by atoms with E-state index in [-0.39, 0.29) is 5.91 Å². The van der Waals surface area contributed by atoms with Crippen molar-refractivity contribution in [2.24, 2.45) is 0 Å². The minimum absolute atomic E-state index is 0.180. The maximum atomic E-state index is 12.5. The lowest BCUT2D eigenvalue weighted by molar-refractivity contribution is 0.0724. The average Bonchev–Trinajstić information content (AvgIpc) is 2.80. The Bertz CT molecular complexity index is 614. The molecule has 0 atom stereocenters. The van der Waals surface area contributed by atoms with Gasteiger partial charge in [-0.15, -0.1) is 6.58 Å². The summed E-state index contributed by atoms with van der Waals surface area (Å²) in [5.41, 5.74) is 1.91. The van der Waals surface area contributed by atoms with Gasteiger partial charge in [0.05, 0.1) is 0 Å². The van der Waals surface area contributed by atoms with Crippen LogP contribution in [0.3, 0.4) is 0 Å². The molecule has 1 saturated heterocycles. The lowest BCUT2D eigenvalue weighted by atomic mass is 10.1. The van der Waals surface area contributed by atoms with E-state index in [0.29, 0.717) is 0 Å². The Hall–Kier alpha value is -2.03. The zero-order valence-electron chi connectivity index (χ0n) is 18.9. The molecule has 1 N–H and O–H groups in total. The van der Waals surface area contributed by atoms with E-state index in [9.17, 15) is 4.79 Å². The third-order valence-corrected chi connectivity index (χ3v) is 5.85. The number of hydrogen-bond donors (Lipinski definition) is 1. The molecule has 0 unspecified atom stereocenters. The molecule has 0 radical (unpaired) electrons. The Morgan fingerprint density at radius 1 is 0.833 bits per heavy atom. The van der Waals surface area contributed by atoms with E-state index >= 15 is 0 Å².